The summed E-state index contributed by atoms with van der Waals surface area (Å²) in [4.78, 5) is 31.4. The van der Waals surface area contributed by atoms with E-state index in [1.807, 2.05) is 22.9 Å². The first-order valence-electron chi connectivity index (χ1n) is 9.42. The van der Waals surface area contributed by atoms with Gasteiger partial charge in [-0.05, 0) is 32.9 Å². The van der Waals surface area contributed by atoms with Gasteiger partial charge in [-0.3, -0.25) is 19.2 Å². The highest BCUT2D eigenvalue weighted by molar-refractivity contribution is 5.92. The molecule has 0 unspecified atom stereocenters. The smallest absolute Gasteiger partial charge is 0.274 e. The summed E-state index contributed by atoms with van der Waals surface area (Å²) in [6.45, 7) is 9.97. The molecule has 26 heavy (non-hydrogen) atoms. The average Bonchev–Trinajstić information content (AvgIpc) is 3.08. The number of hydrogen-bond acceptors (Lipinski definition) is 4. The highest BCUT2D eigenvalue weighted by Crippen LogP contribution is 2.32. The summed E-state index contributed by atoms with van der Waals surface area (Å²) in [5, 5.41) is 4.36. The van der Waals surface area contributed by atoms with E-state index in [4.69, 9.17) is 0 Å². The molecule has 142 valence electrons. The second kappa shape index (κ2) is 7.61. The lowest BCUT2D eigenvalue weighted by Gasteiger charge is -2.49. The van der Waals surface area contributed by atoms with Crippen LogP contribution >= 0.6 is 0 Å². The van der Waals surface area contributed by atoms with Crippen molar-refractivity contribution >= 4 is 11.8 Å². The van der Waals surface area contributed by atoms with Gasteiger partial charge in [-0.2, -0.15) is 5.10 Å². The molecular weight excluding hydrogens is 330 g/mol. The highest BCUT2D eigenvalue weighted by atomic mass is 16.2. The lowest BCUT2D eigenvalue weighted by atomic mass is 9.86. The number of piperazine rings is 1. The van der Waals surface area contributed by atoms with E-state index in [1.165, 1.54) is 0 Å². The molecule has 0 saturated carbocycles. The van der Waals surface area contributed by atoms with E-state index < -0.39 is 0 Å². The minimum atomic E-state index is -0.146. The molecule has 7 heteroatoms. The fraction of sp³-hybridized carbons (Fsp3) is 0.632. The van der Waals surface area contributed by atoms with Gasteiger partial charge in [0.05, 0.1) is 0 Å². The predicted molar refractivity (Wildman–Crippen MR) is 99.8 cm³/mol. The Hall–Kier alpha value is -2.15. The Morgan fingerprint density at radius 2 is 2.15 bits per heavy atom. The van der Waals surface area contributed by atoms with Crippen molar-refractivity contribution in [2.45, 2.75) is 38.3 Å². The van der Waals surface area contributed by atoms with Gasteiger partial charge in [0.15, 0.2) is 0 Å². The molecule has 0 aromatic carbocycles. The van der Waals surface area contributed by atoms with Crippen LogP contribution in [0.4, 0.5) is 0 Å². The molecule has 0 aliphatic carbocycles. The van der Waals surface area contributed by atoms with Crippen LogP contribution in [0.5, 0.6) is 0 Å². The van der Waals surface area contributed by atoms with Crippen LogP contribution in [-0.4, -0.2) is 81.6 Å². The molecule has 3 rings (SSSR count). The molecule has 2 aliphatic rings. The average molecular weight is 359 g/mol. The number of carbonyl (C=O) groups excluding carboxylic acids is 2. The first-order chi connectivity index (χ1) is 12.5. The van der Waals surface area contributed by atoms with Crippen molar-refractivity contribution in [2.75, 3.05) is 39.8 Å². The third kappa shape index (κ3) is 3.53. The van der Waals surface area contributed by atoms with Gasteiger partial charge in [0.2, 0.25) is 5.91 Å². The fourth-order valence-corrected chi connectivity index (χ4v) is 4.03. The van der Waals surface area contributed by atoms with Crippen LogP contribution < -0.4 is 0 Å². The van der Waals surface area contributed by atoms with Gasteiger partial charge in [0.1, 0.15) is 5.69 Å². The number of carbonyl (C=O) groups is 2. The van der Waals surface area contributed by atoms with Gasteiger partial charge >= 0.3 is 0 Å². The normalized spacial score (nSPS) is 24.8. The molecule has 1 spiro atoms. The Bertz CT molecular complexity index is 685. The van der Waals surface area contributed by atoms with E-state index in [0.717, 1.165) is 25.9 Å². The highest BCUT2D eigenvalue weighted by Gasteiger charge is 2.43. The van der Waals surface area contributed by atoms with Crippen molar-refractivity contribution in [3.05, 3.63) is 30.6 Å². The number of nitrogens with zero attached hydrogens (tertiary/aromatic N) is 5. The summed E-state index contributed by atoms with van der Waals surface area (Å²) in [5.41, 5.74) is 0.358. The number of amides is 2. The summed E-state index contributed by atoms with van der Waals surface area (Å²) in [7, 11) is 2.11. The lowest BCUT2D eigenvalue weighted by Crippen LogP contribution is -2.62. The first-order valence-corrected chi connectivity index (χ1v) is 9.42. The van der Waals surface area contributed by atoms with Crippen LogP contribution in [-0.2, 0) is 11.3 Å². The number of rotatable bonds is 4. The summed E-state index contributed by atoms with van der Waals surface area (Å²) in [6.07, 6.45) is 5.79. The Morgan fingerprint density at radius 3 is 2.85 bits per heavy atom. The molecule has 0 bridgehead atoms. The number of aromatic nitrogens is 2. The zero-order valence-electron chi connectivity index (χ0n) is 15.9. The SMILES string of the molecule is C=CCN1CC[C@]2(CCC1=O)CN(C(=O)c1ccn(CC)n1)CCN2C. The van der Waals surface area contributed by atoms with Crippen LogP contribution in [0.1, 0.15) is 36.7 Å². The molecule has 2 amide bonds. The van der Waals surface area contributed by atoms with Crippen molar-refractivity contribution < 1.29 is 9.59 Å². The molecule has 1 aromatic rings. The molecule has 1 aromatic heterocycles. The van der Waals surface area contributed by atoms with Gasteiger partial charge in [0.25, 0.3) is 5.91 Å². The van der Waals surface area contributed by atoms with Crippen LogP contribution in [0, 0.1) is 0 Å². The third-order valence-electron chi connectivity index (χ3n) is 5.82. The largest absolute Gasteiger partial charge is 0.339 e. The molecular formula is C19H29N5O2. The van der Waals surface area contributed by atoms with E-state index in [-0.39, 0.29) is 17.4 Å². The van der Waals surface area contributed by atoms with Gasteiger partial charge < -0.3 is 9.80 Å². The van der Waals surface area contributed by atoms with Crippen LogP contribution in [0.15, 0.2) is 24.9 Å². The standard InChI is InChI=1S/C19H29N5O2/c1-4-10-22-12-9-19(8-6-17(22)25)15-23(14-13-21(19)3)18(26)16-7-11-24(5-2)20-16/h4,7,11H,1,5-6,8-10,12-15H2,2-3H3/t19-/m1/s1. The van der Waals surface area contributed by atoms with Crippen molar-refractivity contribution in [3.63, 3.8) is 0 Å². The Labute approximate surface area is 155 Å². The Balaban J connectivity index is 1.76. The molecule has 3 heterocycles. The molecule has 2 saturated heterocycles. The number of hydrogen-bond donors (Lipinski definition) is 0. The van der Waals surface area contributed by atoms with Crippen LogP contribution in [0.25, 0.3) is 0 Å². The number of aryl methyl sites for hydroxylation is 1. The second-order valence-corrected chi connectivity index (χ2v) is 7.31. The predicted octanol–water partition coefficient (Wildman–Crippen LogP) is 1.23. The Morgan fingerprint density at radius 1 is 1.35 bits per heavy atom. The zero-order valence-corrected chi connectivity index (χ0v) is 15.9. The number of likely N-dealkylation sites (N-methyl/N-ethyl adjacent to an activating group) is 1. The van der Waals surface area contributed by atoms with Gasteiger partial charge in [0, 0.05) is 57.4 Å². The Kier molecular flexibility index (Phi) is 5.46. The van der Waals surface area contributed by atoms with E-state index in [9.17, 15) is 9.59 Å². The maximum absolute atomic E-state index is 12.9. The van der Waals surface area contributed by atoms with Crippen molar-refractivity contribution in [2.24, 2.45) is 0 Å². The monoisotopic (exact) mass is 359 g/mol. The minimum Gasteiger partial charge on any atom is -0.339 e. The molecule has 2 aliphatic heterocycles. The van der Waals surface area contributed by atoms with Crippen molar-refractivity contribution in [3.8, 4) is 0 Å². The maximum atomic E-state index is 12.9. The summed E-state index contributed by atoms with van der Waals surface area (Å²) in [6, 6.07) is 1.79. The van der Waals surface area contributed by atoms with Crippen molar-refractivity contribution in [1.29, 1.82) is 0 Å². The van der Waals surface area contributed by atoms with Crippen LogP contribution in [0.3, 0.4) is 0 Å². The topological polar surface area (TPSA) is 61.7 Å². The summed E-state index contributed by atoms with van der Waals surface area (Å²) >= 11 is 0. The quantitative estimate of drug-likeness (QED) is 0.759. The summed E-state index contributed by atoms with van der Waals surface area (Å²) in [5.74, 6) is 0.170. The van der Waals surface area contributed by atoms with Crippen molar-refractivity contribution in [1.82, 2.24) is 24.5 Å². The second-order valence-electron chi connectivity index (χ2n) is 7.31. The van der Waals surface area contributed by atoms with E-state index in [1.54, 1.807) is 16.8 Å². The fourth-order valence-electron chi connectivity index (χ4n) is 4.03. The molecule has 1 atom stereocenters. The maximum Gasteiger partial charge on any atom is 0.274 e. The number of likely N-dealkylation sites (tertiary alicyclic amines) is 1. The molecule has 2 fully saturated rings. The zero-order chi connectivity index (χ0) is 18.7. The van der Waals surface area contributed by atoms with Gasteiger partial charge in [-0.15, -0.1) is 6.58 Å². The van der Waals surface area contributed by atoms with Gasteiger partial charge in [-0.1, -0.05) is 6.08 Å². The molecule has 7 nitrogen and oxygen atoms in total. The third-order valence-corrected chi connectivity index (χ3v) is 5.82. The first kappa shape index (κ1) is 18.6. The summed E-state index contributed by atoms with van der Waals surface area (Å²) < 4.78 is 1.77. The lowest BCUT2D eigenvalue weighted by molar-refractivity contribution is -0.130. The van der Waals surface area contributed by atoms with E-state index >= 15 is 0 Å². The van der Waals surface area contributed by atoms with Crippen LogP contribution in [0.2, 0.25) is 0 Å². The molecule has 0 N–H and O–H groups in total. The van der Waals surface area contributed by atoms with E-state index in [2.05, 4.69) is 23.6 Å². The molecule has 0 radical (unpaired) electrons. The minimum absolute atomic E-state index is 0.0109. The van der Waals surface area contributed by atoms with E-state index in [0.29, 0.717) is 38.3 Å². The van der Waals surface area contributed by atoms with Gasteiger partial charge in [-0.25, -0.2) is 0 Å².